The number of rotatable bonds is 10. The first-order valence-corrected chi connectivity index (χ1v) is 14.1. The lowest BCUT2D eigenvalue weighted by molar-refractivity contribution is 0.147. The van der Waals surface area contributed by atoms with E-state index in [0.717, 1.165) is 24.3 Å². The van der Waals surface area contributed by atoms with Gasteiger partial charge in [-0.15, -0.1) is 0 Å². The van der Waals surface area contributed by atoms with E-state index < -0.39 is 42.2 Å². The third-order valence-electron chi connectivity index (χ3n) is 4.60. The van der Waals surface area contributed by atoms with Gasteiger partial charge in [-0.25, -0.2) is 26.4 Å². The van der Waals surface area contributed by atoms with Crippen molar-refractivity contribution in [1.29, 1.82) is 0 Å². The van der Waals surface area contributed by atoms with Crippen molar-refractivity contribution in [1.82, 2.24) is 0 Å². The number of hydrogen-bond acceptors (Lipinski definition) is 10. The Kier molecular flexibility index (Phi) is 10.4. The number of hydrogen-bond donors (Lipinski definition) is 2. The molecule has 0 aliphatic rings. The van der Waals surface area contributed by atoms with Crippen molar-refractivity contribution in [2.45, 2.75) is 37.5 Å². The molecule has 2 aromatic rings. The average molecular weight is 569 g/mol. The molecule has 0 aliphatic carbocycles. The molecule has 38 heavy (non-hydrogen) atoms. The van der Waals surface area contributed by atoms with E-state index in [2.05, 4.69) is 10.6 Å². The molecular weight excluding hydrogens is 540 g/mol. The zero-order valence-electron chi connectivity index (χ0n) is 21.1. The Morgan fingerprint density at radius 2 is 1.08 bits per heavy atom. The summed E-state index contributed by atoms with van der Waals surface area (Å²) in [4.78, 5) is 22.3. The lowest BCUT2D eigenvalue weighted by Crippen LogP contribution is -2.17. The molecule has 14 heteroatoms. The van der Waals surface area contributed by atoms with Gasteiger partial charge in [-0.3, -0.25) is 10.6 Å². The Morgan fingerprint density at radius 3 is 1.37 bits per heavy atom. The molecule has 2 amide bonds. The monoisotopic (exact) mass is 568 g/mol. The van der Waals surface area contributed by atoms with E-state index in [1.54, 1.807) is 0 Å². The number of nitrogens with one attached hydrogen (secondary N) is 2. The molecular formula is C24H28N2O10S2-2. The van der Waals surface area contributed by atoms with Crippen LogP contribution in [0.5, 0.6) is 0 Å². The summed E-state index contributed by atoms with van der Waals surface area (Å²) in [5, 5.41) is 4.65. The highest BCUT2D eigenvalue weighted by Crippen LogP contribution is 2.26. The SMILES string of the molecule is CC(C)COC(=O)Nc1ccc(/C=C/c2ccc(NC(=O)OCC(C)C)cc2S(=O)(=O)[O-])c(S(=O)(=O)[O-])c1. The van der Waals surface area contributed by atoms with Crippen molar-refractivity contribution in [3.63, 3.8) is 0 Å². The second kappa shape index (κ2) is 12.9. The molecule has 0 bridgehead atoms. The topological polar surface area (TPSA) is 191 Å². The van der Waals surface area contributed by atoms with Gasteiger partial charge in [0.15, 0.2) is 0 Å². The summed E-state index contributed by atoms with van der Waals surface area (Å²) in [6.07, 6.45) is 0.561. The summed E-state index contributed by atoms with van der Waals surface area (Å²) < 4.78 is 81.1. The summed E-state index contributed by atoms with van der Waals surface area (Å²) >= 11 is 0. The van der Waals surface area contributed by atoms with E-state index >= 15 is 0 Å². The first-order valence-electron chi connectivity index (χ1n) is 11.3. The highest BCUT2D eigenvalue weighted by molar-refractivity contribution is 7.86. The van der Waals surface area contributed by atoms with Crippen molar-refractivity contribution in [3.05, 3.63) is 47.5 Å². The van der Waals surface area contributed by atoms with Crippen LogP contribution in [0.3, 0.4) is 0 Å². The van der Waals surface area contributed by atoms with Gasteiger partial charge in [0.2, 0.25) is 0 Å². The number of carbonyl (C=O) groups is 2. The van der Waals surface area contributed by atoms with Crippen molar-refractivity contribution < 1.29 is 45.0 Å². The molecule has 2 N–H and O–H groups in total. The standard InChI is InChI=1S/C24H30N2O10S2/c1-15(2)13-35-23(27)25-19-9-7-17(21(11-19)37(29,30)31)5-6-18-8-10-20(12-22(18)38(32,33)34)26-24(28)36-14-16(3)4/h5-12,15-16H,13-14H2,1-4H3,(H,25,27)(H,26,28)(H,29,30,31)(H,32,33,34)/p-2/b6-5+. The highest BCUT2D eigenvalue weighted by Gasteiger charge is 2.14. The maximum absolute atomic E-state index is 11.9. The van der Waals surface area contributed by atoms with Crippen LogP contribution in [0.2, 0.25) is 0 Å². The van der Waals surface area contributed by atoms with Crippen LogP contribution in [0, 0.1) is 11.8 Å². The van der Waals surface area contributed by atoms with Crippen LogP contribution in [-0.4, -0.2) is 51.3 Å². The van der Waals surface area contributed by atoms with Crippen LogP contribution in [0.1, 0.15) is 38.8 Å². The zero-order chi connectivity index (χ0) is 28.7. The van der Waals surface area contributed by atoms with Gasteiger partial charge in [0.25, 0.3) is 0 Å². The van der Waals surface area contributed by atoms with Crippen LogP contribution in [0.4, 0.5) is 21.0 Å². The molecule has 0 aliphatic heterocycles. The van der Waals surface area contributed by atoms with Crippen LogP contribution < -0.4 is 10.6 Å². The molecule has 0 fully saturated rings. The molecule has 208 valence electrons. The van der Waals surface area contributed by atoms with E-state index in [-0.39, 0.29) is 47.6 Å². The number of ether oxygens (including phenoxy) is 2. The number of amides is 2. The maximum Gasteiger partial charge on any atom is 0.411 e. The van der Waals surface area contributed by atoms with Crippen LogP contribution in [0.15, 0.2) is 46.2 Å². The minimum Gasteiger partial charge on any atom is -0.744 e. The normalized spacial score (nSPS) is 12.1. The molecule has 0 radical (unpaired) electrons. The van der Waals surface area contributed by atoms with Gasteiger partial charge in [-0.2, -0.15) is 0 Å². The quantitative estimate of drug-likeness (QED) is 0.312. The lowest BCUT2D eigenvalue weighted by atomic mass is 10.1. The number of benzene rings is 2. The summed E-state index contributed by atoms with van der Waals surface area (Å²) in [6, 6.07) is 6.91. The van der Waals surface area contributed by atoms with Crippen molar-refractivity contribution in [3.8, 4) is 0 Å². The molecule has 2 aromatic carbocycles. The third-order valence-corrected chi connectivity index (χ3v) is 6.38. The van der Waals surface area contributed by atoms with E-state index in [1.165, 1.54) is 24.3 Å². The van der Waals surface area contributed by atoms with E-state index in [1.807, 2.05) is 27.7 Å². The Bertz CT molecular complexity index is 1310. The van der Waals surface area contributed by atoms with Crippen molar-refractivity contribution in [2.24, 2.45) is 11.8 Å². The molecule has 0 unspecified atom stereocenters. The van der Waals surface area contributed by atoms with Crippen LogP contribution in [-0.2, 0) is 29.7 Å². The van der Waals surface area contributed by atoms with Gasteiger partial charge in [0.1, 0.15) is 20.2 Å². The van der Waals surface area contributed by atoms with Gasteiger partial charge < -0.3 is 18.6 Å². The maximum atomic E-state index is 11.9. The largest absolute Gasteiger partial charge is 0.744 e. The molecule has 0 aromatic heterocycles. The Labute approximate surface area is 221 Å². The predicted molar refractivity (Wildman–Crippen MR) is 137 cm³/mol. The van der Waals surface area contributed by atoms with Gasteiger partial charge in [0, 0.05) is 11.4 Å². The Morgan fingerprint density at radius 1 is 0.737 bits per heavy atom. The molecule has 0 saturated carbocycles. The fourth-order valence-electron chi connectivity index (χ4n) is 2.90. The molecule has 2 rings (SSSR count). The predicted octanol–water partition coefficient (Wildman–Crippen LogP) is 4.07. The van der Waals surface area contributed by atoms with Gasteiger partial charge in [-0.1, -0.05) is 52.0 Å². The smallest absolute Gasteiger partial charge is 0.411 e. The van der Waals surface area contributed by atoms with Gasteiger partial charge >= 0.3 is 12.2 Å². The minimum atomic E-state index is -5.03. The van der Waals surface area contributed by atoms with Crippen molar-refractivity contribution in [2.75, 3.05) is 23.8 Å². The van der Waals surface area contributed by atoms with Crippen LogP contribution in [0.25, 0.3) is 12.2 Å². The first-order chi connectivity index (χ1) is 17.6. The highest BCUT2D eigenvalue weighted by atomic mass is 32.2. The Balaban J connectivity index is 2.37. The average Bonchev–Trinajstić information content (AvgIpc) is 2.80. The zero-order valence-corrected chi connectivity index (χ0v) is 22.7. The third kappa shape index (κ3) is 9.78. The van der Waals surface area contributed by atoms with Gasteiger partial charge in [-0.05, 0) is 47.2 Å². The second-order valence-corrected chi connectivity index (χ2v) is 11.7. The molecule has 12 nitrogen and oxygen atoms in total. The first kappa shape index (κ1) is 30.8. The minimum absolute atomic E-state index is 0.0204. The second-order valence-electron chi connectivity index (χ2n) is 8.98. The van der Waals surface area contributed by atoms with E-state index in [9.17, 15) is 35.5 Å². The summed E-state index contributed by atoms with van der Waals surface area (Å²) in [7, 11) is -10.1. The van der Waals surface area contributed by atoms with Crippen molar-refractivity contribution >= 4 is 55.9 Å². The molecule has 0 atom stereocenters. The fraction of sp³-hybridized carbons (Fsp3) is 0.333. The summed E-state index contributed by atoms with van der Waals surface area (Å²) in [5.74, 6) is 0.134. The van der Waals surface area contributed by atoms with Gasteiger partial charge in [0.05, 0.1) is 23.0 Å². The molecule has 0 saturated heterocycles. The summed E-state index contributed by atoms with van der Waals surface area (Å²) in [6.45, 7) is 7.55. The van der Waals surface area contributed by atoms with E-state index in [0.29, 0.717) is 0 Å². The molecule has 0 spiro atoms. The Hall–Kier alpha value is -3.46. The number of carbonyl (C=O) groups excluding carboxylic acids is 2. The molecule has 0 heterocycles. The van der Waals surface area contributed by atoms with Crippen LogP contribution >= 0.6 is 0 Å². The number of anilines is 2. The lowest BCUT2D eigenvalue weighted by Gasteiger charge is -2.15. The fourth-order valence-corrected chi connectivity index (χ4v) is 4.30. The summed E-state index contributed by atoms with van der Waals surface area (Å²) in [5.41, 5.74) is -0.300. The van der Waals surface area contributed by atoms with E-state index in [4.69, 9.17) is 9.47 Å².